The van der Waals surface area contributed by atoms with Gasteiger partial charge in [0.1, 0.15) is 6.10 Å². The molecule has 5 nitrogen and oxygen atoms in total. The molecule has 1 aromatic rings. The summed E-state index contributed by atoms with van der Waals surface area (Å²) in [6.45, 7) is 13.0. The van der Waals surface area contributed by atoms with Gasteiger partial charge in [0, 0.05) is 6.54 Å². The first kappa shape index (κ1) is 21.8. The Morgan fingerprint density at radius 2 is 1.67 bits per heavy atom. The Morgan fingerprint density at radius 1 is 1.07 bits per heavy atom. The normalized spacial score (nSPS) is 19.0. The van der Waals surface area contributed by atoms with Crippen molar-refractivity contribution >= 4 is 18.7 Å². The number of hydrogen-bond acceptors (Lipinski definition) is 4. The lowest BCUT2D eigenvalue weighted by atomic mass is 9.78. The molecular weight excluding hydrogens is 341 g/mol. The summed E-state index contributed by atoms with van der Waals surface area (Å²) in [5.41, 5.74) is 1.24. The van der Waals surface area contributed by atoms with Gasteiger partial charge in [0.25, 0.3) is 0 Å². The minimum absolute atomic E-state index is 0.246. The molecule has 150 valence electrons. The number of benzene rings is 1. The predicted molar refractivity (Wildman–Crippen MR) is 109 cm³/mol. The molecule has 0 radical (unpaired) electrons. The molecule has 0 aliphatic carbocycles. The highest BCUT2D eigenvalue weighted by Crippen LogP contribution is 2.36. The van der Waals surface area contributed by atoms with E-state index in [4.69, 9.17) is 14.0 Å². The molecule has 0 aromatic heterocycles. The molecule has 1 fully saturated rings. The lowest BCUT2D eigenvalue weighted by Crippen LogP contribution is -2.41. The predicted octanol–water partition coefficient (Wildman–Crippen LogP) is 4.35. The molecule has 1 unspecified atom stereocenters. The molecular formula is C21H34BNO4. The average Bonchev–Trinajstić information content (AvgIpc) is 2.83. The van der Waals surface area contributed by atoms with Crippen LogP contribution in [0.5, 0.6) is 0 Å². The van der Waals surface area contributed by atoms with Crippen molar-refractivity contribution in [2.75, 3.05) is 6.54 Å². The van der Waals surface area contributed by atoms with E-state index in [0.717, 1.165) is 36.7 Å². The lowest BCUT2D eigenvalue weighted by Gasteiger charge is -2.32. The van der Waals surface area contributed by atoms with Crippen molar-refractivity contribution in [2.45, 2.75) is 84.5 Å². The number of carbonyl (C=O) groups is 1. The van der Waals surface area contributed by atoms with E-state index in [9.17, 15) is 4.79 Å². The van der Waals surface area contributed by atoms with Crippen molar-refractivity contribution < 1.29 is 18.8 Å². The largest absolute Gasteiger partial charge is 0.494 e. The van der Waals surface area contributed by atoms with Crippen LogP contribution in [0.25, 0.3) is 0 Å². The summed E-state index contributed by atoms with van der Waals surface area (Å²) in [6, 6.07) is 8.00. The molecule has 6 heteroatoms. The number of hydrogen-bond donors (Lipinski definition) is 1. The van der Waals surface area contributed by atoms with Gasteiger partial charge in [0.15, 0.2) is 0 Å². The highest BCUT2D eigenvalue weighted by molar-refractivity contribution is 6.62. The summed E-state index contributed by atoms with van der Waals surface area (Å²) in [7, 11) is -0.382. The molecule has 1 aromatic carbocycles. The van der Waals surface area contributed by atoms with Crippen molar-refractivity contribution in [3.8, 4) is 0 Å². The first-order valence-corrected chi connectivity index (χ1v) is 10.1. The molecule has 0 saturated carbocycles. The summed E-state index contributed by atoms with van der Waals surface area (Å²) in [5, 5.41) is 2.82. The van der Waals surface area contributed by atoms with Gasteiger partial charge in [-0.3, -0.25) is 0 Å². The van der Waals surface area contributed by atoms with Gasteiger partial charge >= 0.3 is 13.2 Å². The SMILES string of the molecule is CCCCNC(=O)OC(CCC)c1ccc(B2OC(C)(C)C(C)(C)O2)cc1. The van der Waals surface area contributed by atoms with Crippen molar-refractivity contribution in [3.05, 3.63) is 29.8 Å². The topological polar surface area (TPSA) is 56.8 Å². The fourth-order valence-electron chi connectivity index (χ4n) is 2.94. The van der Waals surface area contributed by atoms with Crippen LogP contribution < -0.4 is 10.8 Å². The Labute approximate surface area is 164 Å². The van der Waals surface area contributed by atoms with Crippen LogP contribution in [-0.4, -0.2) is 31.0 Å². The van der Waals surface area contributed by atoms with Crippen LogP contribution in [0.1, 0.15) is 78.9 Å². The fourth-order valence-corrected chi connectivity index (χ4v) is 2.94. The lowest BCUT2D eigenvalue weighted by molar-refractivity contribution is 0.00578. The van der Waals surface area contributed by atoms with Crippen molar-refractivity contribution in [3.63, 3.8) is 0 Å². The smallest absolute Gasteiger partial charge is 0.441 e. The van der Waals surface area contributed by atoms with Crippen molar-refractivity contribution in [1.82, 2.24) is 5.32 Å². The molecule has 0 spiro atoms. The number of carbonyl (C=O) groups excluding carboxylic acids is 1. The maximum absolute atomic E-state index is 12.0. The second-order valence-corrected chi connectivity index (χ2v) is 8.22. The molecule has 1 amide bonds. The highest BCUT2D eigenvalue weighted by atomic mass is 16.7. The van der Waals surface area contributed by atoms with Crippen LogP contribution in [0.3, 0.4) is 0 Å². The number of nitrogens with one attached hydrogen (secondary N) is 1. The number of alkyl carbamates (subject to hydrolysis) is 1. The van der Waals surface area contributed by atoms with E-state index >= 15 is 0 Å². The van der Waals surface area contributed by atoms with E-state index < -0.39 is 0 Å². The van der Waals surface area contributed by atoms with Crippen LogP contribution in [-0.2, 0) is 14.0 Å². The first-order valence-electron chi connectivity index (χ1n) is 10.1. The molecule has 1 aliphatic rings. The zero-order valence-corrected chi connectivity index (χ0v) is 17.6. The van der Waals surface area contributed by atoms with Gasteiger partial charge in [0.2, 0.25) is 0 Å². The maximum Gasteiger partial charge on any atom is 0.494 e. The third kappa shape index (κ3) is 5.49. The van der Waals surface area contributed by atoms with E-state index in [1.807, 2.05) is 52.0 Å². The third-order valence-corrected chi connectivity index (χ3v) is 5.43. The maximum atomic E-state index is 12.0. The van der Waals surface area contributed by atoms with Crippen LogP contribution in [0.2, 0.25) is 0 Å². The summed E-state index contributed by atoms with van der Waals surface area (Å²) in [5.74, 6) is 0. The van der Waals surface area contributed by atoms with Gasteiger partial charge in [-0.1, -0.05) is 51.0 Å². The van der Waals surface area contributed by atoms with Gasteiger partial charge in [-0.05, 0) is 51.6 Å². The van der Waals surface area contributed by atoms with Crippen molar-refractivity contribution in [2.24, 2.45) is 0 Å². The second kappa shape index (κ2) is 9.11. The third-order valence-electron chi connectivity index (χ3n) is 5.43. The molecule has 0 bridgehead atoms. The van der Waals surface area contributed by atoms with Gasteiger partial charge in [-0.2, -0.15) is 0 Å². The number of unbranched alkanes of at least 4 members (excludes halogenated alkanes) is 1. The van der Waals surface area contributed by atoms with E-state index in [2.05, 4.69) is 19.2 Å². The number of amides is 1. The molecule has 1 heterocycles. The molecule has 1 aliphatic heterocycles. The molecule has 1 saturated heterocycles. The van der Waals surface area contributed by atoms with Crippen LogP contribution >= 0.6 is 0 Å². The van der Waals surface area contributed by atoms with Gasteiger partial charge < -0.3 is 19.4 Å². The average molecular weight is 375 g/mol. The Morgan fingerprint density at radius 3 is 2.19 bits per heavy atom. The fraction of sp³-hybridized carbons (Fsp3) is 0.667. The second-order valence-electron chi connectivity index (χ2n) is 8.22. The Bertz CT molecular complexity index is 599. The van der Waals surface area contributed by atoms with Gasteiger partial charge in [-0.25, -0.2) is 4.79 Å². The number of rotatable bonds is 8. The molecule has 2 rings (SSSR count). The van der Waals surface area contributed by atoms with E-state index in [1.54, 1.807) is 0 Å². The monoisotopic (exact) mass is 375 g/mol. The standard InChI is InChI=1S/C21H34BNO4/c1-7-9-15-23-19(24)25-18(10-8-2)16-11-13-17(14-12-16)22-26-20(3,4)21(5,6)27-22/h11-14,18H,7-10,15H2,1-6H3,(H,23,24). The minimum atomic E-state index is -0.382. The Balaban J connectivity index is 2.04. The minimum Gasteiger partial charge on any atom is -0.441 e. The first-order chi connectivity index (χ1) is 12.7. The van der Waals surface area contributed by atoms with Crippen LogP contribution in [0.15, 0.2) is 24.3 Å². The van der Waals surface area contributed by atoms with Gasteiger partial charge in [0.05, 0.1) is 11.2 Å². The molecule has 1 atom stereocenters. The quantitative estimate of drug-likeness (QED) is 0.542. The van der Waals surface area contributed by atoms with Crippen LogP contribution in [0, 0.1) is 0 Å². The highest BCUT2D eigenvalue weighted by Gasteiger charge is 2.51. The Hall–Kier alpha value is -1.53. The van der Waals surface area contributed by atoms with Crippen LogP contribution in [0.4, 0.5) is 4.79 Å². The van der Waals surface area contributed by atoms with Crippen molar-refractivity contribution in [1.29, 1.82) is 0 Å². The summed E-state index contributed by atoms with van der Waals surface area (Å²) in [6.07, 6.45) is 3.12. The zero-order chi connectivity index (χ0) is 20.1. The Kier molecular flexibility index (Phi) is 7.35. The summed E-state index contributed by atoms with van der Waals surface area (Å²) >= 11 is 0. The number of ether oxygens (including phenoxy) is 1. The van der Waals surface area contributed by atoms with E-state index in [-0.39, 0.29) is 30.5 Å². The molecule has 1 N–H and O–H groups in total. The van der Waals surface area contributed by atoms with Gasteiger partial charge in [-0.15, -0.1) is 0 Å². The van der Waals surface area contributed by atoms with E-state index in [0.29, 0.717) is 6.54 Å². The van der Waals surface area contributed by atoms with E-state index in [1.165, 1.54) is 0 Å². The molecule has 27 heavy (non-hydrogen) atoms. The zero-order valence-electron chi connectivity index (χ0n) is 17.6. The summed E-state index contributed by atoms with van der Waals surface area (Å²) in [4.78, 5) is 12.0. The summed E-state index contributed by atoms with van der Waals surface area (Å²) < 4.78 is 17.8.